The number of hydrogen-bond donors (Lipinski definition) is 2. The van der Waals surface area contributed by atoms with Gasteiger partial charge in [-0.25, -0.2) is 0 Å². The van der Waals surface area contributed by atoms with E-state index in [1.165, 1.54) is 0 Å². The lowest BCUT2D eigenvalue weighted by atomic mass is 10.2. The Hall–Kier alpha value is -2.57. The van der Waals surface area contributed by atoms with E-state index >= 15 is 0 Å². The van der Waals surface area contributed by atoms with Crippen LogP contribution >= 0.6 is 0 Å². The van der Waals surface area contributed by atoms with Gasteiger partial charge in [-0.2, -0.15) is 10.1 Å². The van der Waals surface area contributed by atoms with Crippen molar-refractivity contribution in [2.24, 2.45) is 0 Å². The Labute approximate surface area is 122 Å². The van der Waals surface area contributed by atoms with E-state index in [9.17, 15) is 0 Å². The van der Waals surface area contributed by atoms with Crippen LogP contribution in [0, 0.1) is 0 Å². The van der Waals surface area contributed by atoms with Gasteiger partial charge in [-0.3, -0.25) is 0 Å². The minimum absolute atomic E-state index is 0.280. The smallest absolute Gasteiger partial charge is 0.244 e. The highest BCUT2D eigenvalue weighted by atomic mass is 16.7. The lowest BCUT2D eigenvalue weighted by molar-refractivity contribution is 0.174. The summed E-state index contributed by atoms with van der Waals surface area (Å²) in [5, 5.41) is 14.2. The first-order valence-electron chi connectivity index (χ1n) is 6.79. The van der Waals surface area contributed by atoms with Crippen LogP contribution in [-0.2, 0) is 6.54 Å². The van der Waals surface area contributed by atoms with Crippen molar-refractivity contribution in [1.29, 1.82) is 0 Å². The zero-order valence-corrected chi connectivity index (χ0v) is 12.0. The molecule has 0 saturated heterocycles. The van der Waals surface area contributed by atoms with Crippen molar-refractivity contribution >= 4 is 11.8 Å². The molecule has 7 heteroatoms. The maximum atomic E-state index is 5.35. The second-order valence-electron chi connectivity index (χ2n) is 5.01. The average Bonchev–Trinajstić information content (AvgIpc) is 2.92. The molecule has 0 aliphatic carbocycles. The number of nitrogens with one attached hydrogen (secondary N) is 2. The number of nitrogens with zero attached hydrogens (tertiary/aromatic N) is 3. The van der Waals surface area contributed by atoms with Crippen LogP contribution in [0.3, 0.4) is 0 Å². The number of fused-ring (bicyclic) bond motifs is 1. The summed E-state index contributed by atoms with van der Waals surface area (Å²) in [6.07, 6.45) is 1.60. The molecule has 2 aromatic rings. The molecular formula is C14H17N5O2. The van der Waals surface area contributed by atoms with Crippen molar-refractivity contribution in [1.82, 2.24) is 15.2 Å². The van der Waals surface area contributed by atoms with Crippen LogP contribution in [-0.4, -0.2) is 28.0 Å². The molecule has 21 heavy (non-hydrogen) atoms. The Morgan fingerprint density at radius 1 is 1.24 bits per heavy atom. The Morgan fingerprint density at radius 2 is 2.10 bits per heavy atom. The number of hydrogen-bond acceptors (Lipinski definition) is 7. The summed E-state index contributed by atoms with van der Waals surface area (Å²) < 4.78 is 10.6. The molecule has 2 N–H and O–H groups in total. The van der Waals surface area contributed by atoms with Crippen LogP contribution in [0.5, 0.6) is 11.5 Å². The standard InChI is InChI=1S/C14H17N5O2/c1-9(2)17-13-7-16-19-14(18-13)15-6-10-3-4-11-12(5-10)21-8-20-11/h3-5,7,9H,6,8H2,1-2H3,(H2,15,17,18,19). The van der Waals surface area contributed by atoms with Crippen LogP contribution in [0.15, 0.2) is 24.4 Å². The largest absolute Gasteiger partial charge is 0.454 e. The summed E-state index contributed by atoms with van der Waals surface area (Å²) >= 11 is 0. The molecule has 0 fully saturated rings. The second kappa shape index (κ2) is 5.82. The molecule has 1 aliphatic rings. The van der Waals surface area contributed by atoms with E-state index in [1.807, 2.05) is 32.0 Å². The van der Waals surface area contributed by atoms with Gasteiger partial charge in [0.05, 0.1) is 6.20 Å². The topological polar surface area (TPSA) is 81.2 Å². The monoisotopic (exact) mass is 287 g/mol. The Bertz CT molecular complexity index is 633. The fourth-order valence-corrected chi connectivity index (χ4v) is 1.98. The van der Waals surface area contributed by atoms with E-state index in [1.54, 1.807) is 6.20 Å². The van der Waals surface area contributed by atoms with Gasteiger partial charge in [0.2, 0.25) is 12.7 Å². The van der Waals surface area contributed by atoms with Gasteiger partial charge in [-0.15, -0.1) is 5.10 Å². The molecule has 1 aromatic carbocycles. The van der Waals surface area contributed by atoms with E-state index in [0.29, 0.717) is 24.4 Å². The number of anilines is 2. The van der Waals surface area contributed by atoms with Crippen molar-refractivity contribution in [3.63, 3.8) is 0 Å². The molecule has 1 aromatic heterocycles. The minimum Gasteiger partial charge on any atom is -0.454 e. The van der Waals surface area contributed by atoms with Crippen molar-refractivity contribution in [3.8, 4) is 11.5 Å². The maximum absolute atomic E-state index is 5.35. The van der Waals surface area contributed by atoms with Gasteiger partial charge < -0.3 is 20.1 Å². The van der Waals surface area contributed by atoms with Crippen molar-refractivity contribution in [3.05, 3.63) is 30.0 Å². The van der Waals surface area contributed by atoms with Gasteiger partial charge in [-0.1, -0.05) is 6.07 Å². The molecule has 2 heterocycles. The van der Waals surface area contributed by atoms with E-state index in [-0.39, 0.29) is 6.79 Å². The summed E-state index contributed by atoms with van der Waals surface area (Å²) in [4.78, 5) is 4.35. The number of rotatable bonds is 5. The summed E-state index contributed by atoms with van der Waals surface area (Å²) in [5.74, 6) is 2.73. The summed E-state index contributed by atoms with van der Waals surface area (Å²) in [6.45, 7) is 4.95. The third kappa shape index (κ3) is 3.31. The Kier molecular flexibility index (Phi) is 3.72. The molecule has 0 bridgehead atoms. The molecule has 0 spiro atoms. The van der Waals surface area contributed by atoms with Crippen LogP contribution in [0.2, 0.25) is 0 Å². The highest BCUT2D eigenvalue weighted by molar-refractivity contribution is 5.45. The second-order valence-corrected chi connectivity index (χ2v) is 5.01. The fourth-order valence-electron chi connectivity index (χ4n) is 1.98. The predicted molar refractivity (Wildman–Crippen MR) is 78.5 cm³/mol. The van der Waals surface area contributed by atoms with E-state index < -0.39 is 0 Å². The minimum atomic E-state index is 0.280. The van der Waals surface area contributed by atoms with Gasteiger partial charge in [0, 0.05) is 12.6 Å². The molecule has 0 saturated carbocycles. The zero-order valence-electron chi connectivity index (χ0n) is 12.0. The van der Waals surface area contributed by atoms with Crippen LogP contribution < -0.4 is 20.1 Å². The summed E-state index contributed by atoms with van der Waals surface area (Å²) in [5.41, 5.74) is 1.06. The third-order valence-corrected chi connectivity index (χ3v) is 2.88. The van der Waals surface area contributed by atoms with Crippen LogP contribution in [0.25, 0.3) is 0 Å². The predicted octanol–water partition coefficient (Wildman–Crippen LogP) is 2.03. The van der Waals surface area contributed by atoms with Gasteiger partial charge >= 0.3 is 0 Å². The first kappa shape index (κ1) is 13.4. The van der Waals surface area contributed by atoms with Crippen molar-refractivity contribution in [2.45, 2.75) is 26.4 Å². The van der Waals surface area contributed by atoms with Gasteiger partial charge in [-0.05, 0) is 31.5 Å². The third-order valence-electron chi connectivity index (χ3n) is 2.88. The first-order valence-corrected chi connectivity index (χ1v) is 6.79. The highest BCUT2D eigenvalue weighted by Crippen LogP contribution is 2.32. The lowest BCUT2D eigenvalue weighted by Gasteiger charge is -2.10. The van der Waals surface area contributed by atoms with Gasteiger partial charge in [0.1, 0.15) is 0 Å². The molecular weight excluding hydrogens is 270 g/mol. The molecule has 7 nitrogen and oxygen atoms in total. The number of aromatic nitrogens is 3. The van der Waals surface area contributed by atoms with Crippen LogP contribution in [0.4, 0.5) is 11.8 Å². The Morgan fingerprint density at radius 3 is 2.95 bits per heavy atom. The molecule has 0 amide bonds. The lowest BCUT2D eigenvalue weighted by Crippen LogP contribution is -2.13. The van der Waals surface area contributed by atoms with Crippen molar-refractivity contribution in [2.75, 3.05) is 17.4 Å². The average molecular weight is 287 g/mol. The maximum Gasteiger partial charge on any atom is 0.244 e. The quantitative estimate of drug-likeness (QED) is 0.870. The summed E-state index contributed by atoms with van der Waals surface area (Å²) in [6, 6.07) is 6.11. The Balaban J connectivity index is 1.64. The van der Waals surface area contributed by atoms with Gasteiger partial charge in [0.15, 0.2) is 17.3 Å². The van der Waals surface area contributed by atoms with E-state index in [0.717, 1.165) is 17.1 Å². The highest BCUT2D eigenvalue weighted by Gasteiger charge is 2.13. The fraction of sp³-hybridized carbons (Fsp3) is 0.357. The van der Waals surface area contributed by atoms with Crippen LogP contribution in [0.1, 0.15) is 19.4 Å². The molecule has 0 radical (unpaired) electrons. The van der Waals surface area contributed by atoms with Crippen molar-refractivity contribution < 1.29 is 9.47 Å². The molecule has 1 aliphatic heterocycles. The number of benzene rings is 1. The molecule has 3 rings (SSSR count). The van der Waals surface area contributed by atoms with E-state index in [2.05, 4.69) is 25.8 Å². The molecule has 0 unspecified atom stereocenters. The number of ether oxygens (including phenoxy) is 2. The van der Waals surface area contributed by atoms with E-state index in [4.69, 9.17) is 9.47 Å². The zero-order chi connectivity index (χ0) is 14.7. The molecule has 0 atom stereocenters. The van der Waals surface area contributed by atoms with Gasteiger partial charge in [0.25, 0.3) is 0 Å². The summed E-state index contributed by atoms with van der Waals surface area (Å²) in [7, 11) is 0. The first-order chi connectivity index (χ1) is 10.2. The SMILES string of the molecule is CC(C)Nc1cnnc(NCc2ccc3c(c2)OCO3)n1. The molecule has 110 valence electrons. The normalized spacial score (nSPS) is 12.5.